The fourth-order valence-electron chi connectivity index (χ4n) is 2.62. The third-order valence-electron chi connectivity index (χ3n) is 4.51. The Kier molecular flexibility index (Phi) is 7.72. The van der Waals surface area contributed by atoms with Crippen LogP contribution < -0.4 is 0 Å². The topological polar surface area (TPSA) is 112 Å². The minimum atomic E-state index is -1.48. The second-order valence-electron chi connectivity index (χ2n) is 6.33. The van der Waals surface area contributed by atoms with Gasteiger partial charge in [0.25, 0.3) is 0 Å². The summed E-state index contributed by atoms with van der Waals surface area (Å²) in [6, 6.07) is 10.8. The van der Waals surface area contributed by atoms with Crippen LogP contribution in [0.25, 0.3) is 0 Å². The van der Waals surface area contributed by atoms with Crippen molar-refractivity contribution in [3.05, 3.63) is 69.8 Å². The lowest BCUT2D eigenvalue weighted by Crippen LogP contribution is -2.22. The lowest BCUT2D eigenvalue weighted by Gasteiger charge is -2.12. The molecule has 0 heterocycles. The highest BCUT2D eigenvalue weighted by atomic mass is 16.4. The first-order valence-corrected chi connectivity index (χ1v) is 8.34. The van der Waals surface area contributed by atoms with Crippen molar-refractivity contribution in [2.75, 3.05) is 0 Å². The summed E-state index contributed by atoms with van der Waals surface area (Å²) in [5.74, 6) is -4.93. The molecule has 0 atom stereocenters. The van der Waals surface area contributed by atoms with E-state index in [0.29, 0.717) is 11.1 Å². The van der Waals surface area contributed by atoms with E-state index in [-0.39, 0.29) is 6.42 Å². The van der Waals surface area contributed by atoms with E-state index < -0.39 is 23.8 Å². The smallest absolute Gasteiger partial charge is 0.322 e. The van der Waals surface area contributed by atoms with Crippen LogP contribution in [0.5, 0.6) is 0 Å². The molecule has 0 bridgehead atoms. The maximum Gasteiger partial charge on any atom is 0.322 e. The number of benzene rings is 2. The summed E-state index contributed by atoms with van der Waals surface area (Å²) in [4.78, 5) is 32.1. The van der Waals surface area contributed by atoms with Gasteiger partial charge in [-0.25, -0.2) is 0 Å². The molecular weight excluding hydrogens is 348 g/mol. The molecule has 2 aromatic carbocycles. The summed E-state index contributed by atoms with van der Waals surface area (Å²) in [5.41, 5.74) is 5.08. The van der Waals surface area contributed by atoms with Crippen LogP contribution in [-0.4, -0.2) is 33.2 Å². The molecule has 0 radical (unpaired) electrons. The average molecular weight is 372 g/mol. The molecule has 0 saturated heterocycles. The standard InChI is InChI=1S/C11H12O4.C10H12O2/c1-6-4-3-5-8(7(6)2)9(10(12)13)11(14)15;1-7-4-3-5-9(8(7)2)6-10(11)12/h3-5,9H,1-2H3,(H,12,13)(H,14,15);3-5H,6H2,1-2H3,(H,11,12). The molecule has 0 unspecified atom stereocenters. The van der Waals surface area contributed by atoms with E-state index >= 15 is 0 Å². The molecule has 27 heavy (non-hydrogen) atoms. The number of carboxylic acid groups (broad SMARTS) is 3. The first kappa shape index (κ1) is 21.9. The molecule has 0 saturated carbocycles. The van der Waals surface area contributed by atoms with Crippen LogP contribution >= 0.6 is 0 Å². The quantitative estimate of drug-likeness (QED) is 0.693. The zero-order valence-electron chi connectivity index (χ0n) is 15.8. The zero-order valence-corrected chi connectivity index (χ0v) is 15.8. The van der Waals surface area contributed by atoms with Gasteiger partial charge in [0.2, 0.25) is 0 Å². The Bertz CT molecular complexity index is 840. The Hall–Kier alpha value is -3.15. The summed E-state index contributed by atoms with van der Waals surface area (Å²) in [5, 5.41) is 26.2. The Morgan fingerprint density at radius 2 is 1.26 bits per heavy atom. The minimum absolute atomic E-state index is 0.119. The van der Waals surface area contributed by atoms with E-state index in [0.717, 1.165) is 22.3 Å². The fourth-order valence-corrected chi connectivity index (χ4v) is 2.62. The van der Waals surface area contributed by atoms with Crippen LogP contribution in [0.15, 0.2) is 36.4 Å². The lowest BCUT2D eigenvalue weighted by atomic mass is 9.92. The van der Waals surface area contributed by atoms with Gasteiger partial charge in [0.1, 0.15) is 0 Å². The van der Waals surface area contributed by atoms with E-state index in [1.54, 1.807) is 13.0 Å². The van der Waals surface area contributed by atoms with Gasteiger partial charge in [0.15, 0.2) is 5.92 Å². The number of aryl methyl sites for hydroxylation is 2. The number of aliphatic carboxylic acids is 3. The van der Waals surface area contributed by atoms with Crippen LogP contribution in [0, 0.1) is 27.7 Å². The molecule has 0 aliphatic carbocycles. The van der Waals surface area contributed by atoms with Gasteiger partial charge in [-0.1, -0.05) is 36.4 Å². The van der Waals surface area contributed by atoms with Crippen LogP contribution in [0.4, 0.5) is 0 Å². The SMILES string of the molecule is Cc1cccc(C(C(=O)O)C(=O)O)c1C.Cc1cccc(CC(=O)O)c1C. The lowest BCUT2D eigenvalue weighted by molar-refractivity contribution is -0.150. The molecular formula is C21H24O6. The van der Waals surface area contributed by atoms with Crippen molar-refractivity contribution in [2.45, 2.75) is 40.0 Å². The fraction of sp³-hybridized carbons (Fsp3) is 0.286. The van der Waals surface area contributed by atoms with Crippen molar-refractivity contribution in [2.24, 2.45) is 0 Å². The molecule has 6 nitrogen and oxygen atoms in total. The van der Waals surface area contributed by atoms with Crippen LogP contribution in [0.1, 0.15) is 39.3 Å². The molecule has 2 rings (SSSR count). The predicted molar refractivity (Wildman–Crippen MR) is 101 cm³/mol. The first-order valence-electron chi connectivity index (χ1n) is 8.34. The van der Waals surface area contributed by atoms with Crippen LogP contribution in [-0.2, 0) is 20.8 Å². The highest BCUT2D eigenvalue weighted by molar-refractivity contribution is 5.99. The number of carbonyl (C=O) groups is 3. The van der Waals surface area contributed by atoms with Gasteiger partial charge in [-0.05, 0) is 61.1 Å². The number of hydrogen-bond acceptors (Lipinski definition) is 3. The van der Waals surface area contributed by atoms with Crippen molar-refractivity contribution >= 4 is 17.9 Å². The summed E-state index contributed by atoms with van der Waals surface area (Å²) >= 11 is 0. The number of carboxylic acids is 3. The van der Waals surface area contributed by atoms with E-state index in [2.05, 4.69) is 0 Å². The van der Waals surface area contributed by atoms with Gasteiger partial charge < -0.3 is 15.3 Å². The summed E-state index contributed by atoms with van der Waals surface area (Å²) in [6.45, 7) is 7.48. The van der Waals surface area contributed by atoms with Gasteiger partial charge in [-0.15, -0.1) is 0 Å². The Balaban J connectivity index is 0.000000277. The maximum absolute atomic E-state index is 10.8. The molecule has 0 aliphatic rings. The van der Waals surface area contributed by atoms with Gasteiger partial charge >= 0.3 is 17.9 Å². The third-order valence-corrected chi connectivity index (χ3v) is 4.51. The monoisotopic (exact) mass is 372 g/mol. The van der Waals surface area contributed by atoms with Crippen molar-refractivity contribution in [1.29, 1.82) is 0 Å². The number of rotatable bonds is 5. The second-order valence-corrected chi connectivity index (χ2v) is 6.33. The molecule has 0 aromatic heterocycles. The molecule has 0 amide bonds. The van der Waals surface area contributed by atoms with E-state index in [1.807, 2.05) is 45.0 Å². The zero-order chi connectivity index (χ0) is 20.7. The molecule has 144 valence electrons. The van der Waals surface area contributed by atoms with Crippen LogP contribution in [0.2, 0.25) is 0 Å². The molecule has 0 spiro atoms. The normalized spacial score (nSPS) is 10.1. The summed E-state index contributed by atoms with van der Waals surface area (Å²) in [7, 11) is 0. The number of hydrogen-bond donors (Lipinski definition) is 3. The van der Waals surface area contributed by atoms with Gasteiger partial charge in [0, 0.05) is 0 Å². The highest BCUT2D eigenvalue weighted by Crippen LogP contribution is 2.22. The Morgan fingerprint density at radius 3 is 1.74 bits per heavy atom. The Labute approximate surface area is 158 Å². The minimum Gasteiger partial charge on any atom is -0.481 e. The van der Waals surface area contributed by atoms with Crippen LogP contribution in [0.3, 0.4) is 0 Å². The van der Waals surface area contributed by atoms with Crippen molar-refractivity contribution in [3.8, 4) is 0 Å². The molecule has 0 aliphatic heterocycles. The van der Waals surface area contributed by atoms with Crippen molar-refractivity contribution in [1.82, 2.24) is 0 Å². The van der Waals surface area contributed by atoms with Crippen molar-refractivity contribution in [3.63, 3.8) is 0 Å². The first-order chi connectivity index (χ1) is 12.6. The van der Waals surface area contributed by atoms with E-state index in [1.165, 1.54) is 6.07 Å². The predicted octanol–water partition coefficient (Wildman–Crippen LogP) is 3.49. The highest BCUT2D eigenvalue weighted by Gasteiger charge is 2.29. The van der Waals surface area contributed by atoms with E-state index in [9.17, 15) is 14.4 Å². The molecule has 6 heteroatoms. The summed E-state index contributed by atoms with van der Waals surface area (Å²) in [6.07, 6.45) is 0.119. The van der Waals surface area contributed by atoms with Crippen molar-refractivity contribution < 1.29 is 29.7 Å². The molecule has 2 aromatic rings. The third kappa shape index (κ3) is 5.95. The van der Waals surface area contributed by atoms with Gasteiger partial charge in [-0.3, -0.25) is 14.4 Å². The largest absolute Gasteiger partial charge is 0.481 e. The Morgan fingerprint density at radius 1 is 0.778 bits per heavy atom. The molecule has 3 N–H and O–H groups in total. The van der Waals surface area contributed by atoms with Gasteiger partial charge in [0.05, 0.1) is 6.42 Å². The maximum atomic E-state index is 10.8. The second kappa shape index (κ2) is 9.52. The molecule has 0 fully saturated rings. The van der Waals surface area contributed by atoms with Gasteiger partial charge in [-0.2, -0.15) is 0 Å². The average Bonchev–Trinajstić information content (AvgIpc) is 2.55. The van der Waals surface area contributed by atoms with E-state index in [4.69, 9.17) is 15.3 Å². The summed E-state index contributed by atoms with van der Waals surface area (Å²) < 4.78 is 0.